The Morgan fingerprint density at radius 3 is 2.78 bits per heavy atom. The zero-order valence-electron chi connectivity index (χ0n) is 5.38. The first-order chi connectivity index (χ1) is 4.34. The van der Waals surface area contributed by atoms with Crippen molar-refractivity contribution in [3.8, 4) is 0 Å². The first-order valence-electron chi connectivity index (χ1n) is 3.31. The Hall–Kier alpha value is -0.570. The molecule has 0 heterocycles. The second-order valence-electron chi connectivity index (χ2n) is 2.44. The minimum Gasteiger partial charge on any atom is -0.411 e. The molecule has 9 heavy (non-hydrogen) atoms. The number of rotatable bonds is 0. The standard InChI is InChI=1S/C6H12N2O/c7-5-3-1-2-4-6(5)8-9/h5,9H,1-4,7H2/b8-6-/t5-/m1/s1. The molecule has 1 atom stereocenters. The van der Waals surface area contributed by atoms with Crippen LogP contribution in [0.3, 0.4) is 0 Å². The van der Waals surface area contributed by atoms with Gasteiger partial charge in [0.1, 0.15) is 0 Å². The van der Waals surface area contributed by atoms with Crippen molar-refractivity contribution in [3.63, 3.8) is 0 Å². The van der Waals surface area contributed by atoms with Gasteiger partial charge in [0.25, 0.3) is 0 Å². The van der Waals surface area contributed by atoms with Gasteiger partial charge in [-0.05, 0) is 19.3 Å². The first-order valence-corrected chi connectivity index (χ1v) is 3.31. The lowest BCUT2D eigenvalue weighted by atomic mass is 9.94. The topological polar surface area (TPSA) is 58.6 Å². The van der Waals surface area contributed by atoms with Gasteiger partial charge in [-0.1, -0.05) is 11.6 Å². The molecule has 3 N–H and O–H groups in total. The van der Waals surface area contributed by atoms with Crippen molar-refractivity contribution in [1.29, 1.82) is 0 Å². The van der Waals surface area contributed by atoms with Crippen LogP contribution in [0.5, 0.6) is 0 Å². The molecule has 1 aliphatic carbocycles. The van der Waals surface area contributed by atoms with Crippen LogP contribution in [0.15, 0.2) is 5.16 Å². The number of hydrogen-bond acceptors (Lipinski definition) is 3. The fraction of sp³-hybridized carbons (Fsp3) is 0.833. The maximum atomic E-state index is 8.37. The van der Waals surface area contributed by atoms with Crippen molar-refractivity contribution in [2.45, 2.75) is 31.7 Å². The van der Waals surface area contributed by atoms with Gasteiger partial charge in [-0.2, -0.15) is 0 Å². The summed E-state index contributed by atoms with van der Waals surface area (Å²) in [6.45, 7) is 0. The molecular formula is C6H12N2O. The summed E-state index contributed by atoms with van der Waals surface area (Å²) in [5, 5.41) is 11.5. The van der Waals surface area contributed by atoms with Crippen molar-refractivity contribution in [2.24, 2.45) is 10.9 Å². The van der Waals surface area contributed by atoms with Crippen LogP contribution in [-0.2, 0) is 0 Å². The zero-order chi connectivity index (χ0) is 6.69. The van der Waals surface area contributed by atoms with Gasteiger partial charge in [0.2, 0.25) is 0 Å². The minimum atomic E-state index is 0.0174. The Morgan fingerprint density at radius 2 is 2.33 bits per heavy atom. The van der Waals surface area contributed by atoms with E-state index in [9.17, 15) is 0 Å². The fourth-order valence-corrected chi connectivity index (χ4v) is 1.15. The van der Waals surface area contributed by atoms with Crippen LogP contribution >= 0.6 is 0 Å². The third kappa shape index (κ3) is 1.42. The molecule has 0 bridgehead atoms. The molecule has 1 rings (SSSR count). The van der Waals surface area contributed by atoms with Crippen LogP contribution in [0, 0.1) is 0 Å². The largest absolute Gasteiger partial charge is 0.411 e. The molecule has 52 valence electrons. The molecule has 0 aromatic rings. The Bertz CT molecular complexity index is 122. The Morgan fingerprint density at radius 1 is 1.56 bits per heavy atom. The molecular weight excluding hydrogens is 116 g/mol. The smallest absolute Gasteiger partial charge is 0.0737 e. The van der Waals surface area contributed by atoms with E-state index in [0.29, 0.717) is 0 Å². The van der Waals surface area contributed by atoms with Crippen LogP contribution in [0.4, 0.5) is 0 Å². The lowest BCUT2D eigenvalue weighted by molar-refractivity contribution is 0.312. The van der Waals surface area contributed by atoms with Crippen LogP contribution in [-0.4, -0.2) is 17.0 Å². The number of nitrogens with zero attached hydrogens (tertiary/aromatic N) is 1. The molecule has 0 aromatic carbocycles. The van der Waals surface area contributed by atoms with Crippen molar-refractivity contribution < 1.29 is 5.21 Å². The summed E-state index contributed by atoms with van der Waals surface area (Å²) in [4.78, 5) is 0. The molecule has 0 amide bonds. The fourth-order valence-electron chi connectivity index (χ4n) is 1.15. The summed E-state index contributed by atoms with van der Waals surface area (Å²) in [7, 11) is 0. The second-order valence-corrected chi connectivity index (χ2v) is 2.44. The van der Waals surface area contributed by atoms with E-state index < -0.39 is 0 Å². The highest BCUT2D eigenvalue weighted by Crippen LogP contribution is 2.13. The Labute approximate surface area is 54.5 Å². The molecule has 3 heteroatoms. The maximum Gasteiger partial charge on any atom is 0.0737 e. The van der Waals surface area contributed by atoms with E-state index in [1.54, 1.807) is 0 Å². The SMILES string of the molecule is N[C@@H]1CCCC/C1=N/O. The van der Waals surface area contributed by atoms with E-state index in [0.717, 1.165) is 25.0 Å². The Balaban J connectivity index is 2.49. The molecule has 0 spiro atoms. The normalized spacial score (nSPS) is 33.0. The van der Waals surface area contributed by atoms with Crippen molar-refractivity contribution in [2.75, 3.05) is 0 Å². The molecule has 0 saturated heterocycles. The highest BCUT2D eigenvalue weighted by Gasteiger charge is 2.15. The number of nitrogens with two attached hydrogens (primary N) is 1. The van der Waals surface area contributed by atoms with E-state index >= 15 is 0 Å². The second kappa shape index (κ2) is 2.82. The average molecular weight is 128 g/mol. The van der Waals surface area contributed by atoms with Crippen molar-refractivity contribution in [3.05, 3.63) is 0 Å². The van der Waals surface area contributed by atoms with Gasteiger partial charge >= 0.3 is 0 Å². The number of hydrogen-bond donors (Lipinski definition) is 2. The van der Waals surface area contributed by atoms with Crippen molar-refractivity contribution >= 4 is 5.71 Å². The minimum absolute atomic E-state index is 0.0174. The van der Waals surface area contributed by atoms with Gasteiger partial charge in [0.15, 0.2) is 0 Å². The van der Waals surface area contributed by atoms with Gasteiger partial charge in [-0.3, -0.25) is 0 Å². The Kier molecular flexibility index (Phi) is 2.05. The quantitative estimate of drug-likeness (QED) is 0.373. The zero-order valence-corrected chi connectivity index (χ0v) is 5.38. The van der Waals surface area contributed by atoms with E-state index in [1.165, 1.54) is 6.42 Å². The first kappa shape index (κ1) is 6.55. The number of oxime groups is 1. The lowest BCUT2D eigenvalue weighted by Crippen LogP contribution is -2.33. The van der Waals surface area contributed by atoms with Crippen LogP contribution in [0.25, 0.3) is 0 Å². The summed E-state index contributed by atoms with van der Waals surface area (Å²) < 4.78 is 0. The molecule has 1 saturated carbocycles. The summed E-state index contributed by atoms with van der Waals surface area (Å²) in [6, 6.07) is 0.0174. The molecule has 0 unspecified atom stereocenters. The molecule has 0 aromatic heterocycles. The van der Waals surface area contributed by atoms with Gasteiger partial charge < -0.3 is 10.9 Å². The molecule has 0 radical (unpaired) electrons. The van der Waals surface area contributed by atoms with Crippen molar-refractivity contribution in [1.82, 2.24) is 0 Å². The highest BCUT2D eigenvalue weighted by molar-refractivity contribution is 5.89. The van der Waals surface area contributed by atoms with Gasteiger partial charge in [-0.15, -0.1) is 0 Å². The van der Waals surface area contributed by atoms with E-state index in [2.05, 4.69) is 5.16 Å². The van der Waals surface area contributed by atoms with Gasteiger partial charge in [-0.25, -0.2) is 0 Å². The van der Waals surface area contributed by atoms with Crippen LogP contribution in [0.2, 0.25) is 0 Å². The molecule has 1 aliphatic rings. The summed E-state index contributed by atoms with van der Waals surface area (Å²) in [6.07, 6.45) is 4.13. The lowest BCUT2D eigenvalue weighted by Gasteiger charge is -2.17. The van der Waals surface area contributed by atoms with E-state index in [4.69, 9.17) is 10.9 Å². The molecule has 3 nitrogen and oxygen atoms in total. The highest BCUT2D eigenvalue weighted by atomic mass is 16.4. The third-order valence-electron chi connectivity index (χ3n) is 1.75. The van der Waals surface area contributed by atoms with Crippen LogP contribution < -0.4 is 5.73 Å². The molecule has 1 fully saturated rings. The monoisotopic (exact) mass is 128 g/mol. The predicted molar refractivity (Wildman–Crippen MR) is 35.7 cm³/mol. The molecule has 0 aliphatic heterocycles. The van der Waals surface area contributed by atoms with Gasteiger partial charge in [0, 0.05) is 6.04 Å². The maximum absolute atomic E-state index is 8.37. The summed E-state index contributed by atoms with van der Waals surface area (Å²) in [5.41, 5.74) is 6.36. The van der Waals surface area contributed by atoms with E-state index in [1.807, 2.05) is 0 Å². The summed E-state index contributed by atoms with van der Waals surface area (Å²) >= 11 is 0. The third-order valence-corrected chi connectivity index (χ3v) is 1.75. The average Bonchev–Trinajstić information content (AvgIpc) is 1.89. The summed E-state index contributed by atoms with van der Waals surface area (Å²) in [5.74, 6) is 0. The predicted octanol–water partition coefficient (Wildman–Crippen LogP) is 0.718. The van der Waals surface area contributed by atoms with Gasteiger partial charge in [0.05, 0.1) is 5.71 Å². The van der Waals surface area contributed by atoms with E-state index in [-0.39, 0.29) is 6.04 Å². The van der Waals surface area contributed by atoms with Crippen LogP contribution in [0.1, 0.15) is 25.7 Å².